The Balaban J connectivity index is 1.64. The highest BCUT2D eigenvalue weighted by Crippen LogP contribution is 2.21. The molecule has 27 heavy (non-hydrogen) atoms. The average molecular weight is 363 g/mol. The van der Waals surface area contributed by atoms with E-state index in [4.69, 9.17) is 10.2 Å². The molecule has 0 spiro atoms. The zero-order valence-corrected chi connectivity index (χ0v) is 15.3. The second kappa shape index (κ2) is 7.86. The summed E-state index contributed by atoms with van der Waals surface area (Å²) in [5, 5.41) is 2.84. The van der Waals surface area contributed by atoms with Crippen LogP contribution in [0.1, 0.15) is 37.7 Å². The Morgan fingerprint density at radius 3 is 2.48 bits per heavy atom. The minimum Gasteiger partial charge on any atom is -0.441 e. The first-order valence-corrected chi connectivity index (χ1v) is 8.65. The van der Waals surface area contributed by atoms with Crippen LogP contribution in [0.3, 0.4) is 0 Å². The number of nitrogens with one attached hydrogen (secondary N) is 1. The minimum absolute atomic E-state index is 0.259. The number of primary amides is 1. The van der Waals surface area contributed by atoms with E-state index in [1.165, 1.54) is 6.07 Å². The Bertz CT molecular complexity index is 978. The van der Waals surface area contributed by atoms with Gasteiger partial charge in [-0.25, -0.2) is 4.98 Å². The minimum atomic E-state index is -0.556. The number of carbonyl (C=O) groups is 2. The number of amides is 2. The van der Waals surface area contributed by atoms with Crippen molar-refractivity contribution in [3.63, 3.8) is 0 Å². The molecule has 0 unspecified atom stereocenters. The molecule has 2 amide bonds. The van der Waals surface area contributed by atoms with E-state index < -0.39 is 5.91 Å². The van der Waals surface area contributed by atoms with Crippen LogP contribution in [0.4, 0.5) is 0 Å². The molecule has 0 aliphatic carbocycles. The standard InChI is InChI=1S/C21H21N3O3/c1-13-10-16(19(22)25)12-17(11-13)20(26)23-9-8-18-14(2)27-21(24-18)15-6-4-3-5-7-15/h3-7,10-12H,8-9H2,1-2H3,(H2,22,25)(H,23,26). The molecule has 6 heteroatoms. The lowest BCUT2D eigenvalue weighted by Crippen LogP contribution is -2.26. The topological polar surface area (TPSA) is 98.2 Å². The summed E-state index contributed by atoms with van der Waals surface area (Å²) < 4.78 is 5.73. The molecule has 2 aromatic carbocycles. The molecule has 0 bridgehead atoms. The molecular weight excluding hydrogens is 342 g/mol. The number of benzene rings is 2. The Morgan fingerprint density at radius 2 is 1.78 bits per heavy atom. The lowest BCUT2D eigenvalue weighted by atomic mass is 10.1. The van der Waals surface area contributed by atoms with Gasteiger partial charge < -0.3 is 15.5 Å². The number of oxazole rings is 1. The first-order valence-electron chi connectivity index (χ1n) is 8.65. The van der Waals surface area contributed by atoms with Gasteiger partial charge in [0.2, 0.25) is 11.8 Å². The Labute approximate surface area is 157 Å². The van der Waals surface area contributed by atoms with Crippen LogP contribution < -0.4 is 11.1 Å². The molecule has 0 aliphatic heterocycles. The number of hydrogen-bond donors (Lipinski definition) is 2. The number of nitrogens with zero attached hydrogens (tertiary/aromatic N) is 1. The van der Waals surface area contributed by atoms with Crippen molar-refractivity contribution in [1.82, 2.24) is 10.3 Å². The van der Waals surface area contributed by atoms with E-state index in [9.17, 15) is 9.59 Å². The monoisotopic (exact) mass is 363 g/mol. The van der Waals surface area contributed by atoms with Gasteiger partial charge in [0.05, 0.1) is 5.69 Å². The maximum Gasteiger partial charge on any atom is 0.251 e. The molecule has 6 nitrogen and oxygen atoms in total. The Hall–Kier alpha value is -3.41. The highest BCUT2D eigenvalue weighted by molar-refractivity contribution is 5.99. The van der Waals surface area contributed by atoms with E-state index in [2.05, 4.69) is 10.3 Å². The second-order valence-corrected chi connectivity index (χ2v) is 6.35. The smallest absolute Gasteiger partial charge is 0.251 e. The average Bonchev–Trinajstić information content (AvgIpc) is 3.02. The molecular formula is C21H21N3O3. The van der Waals surface area contributed by atoms with Gasteiger partial charge in [-0.3, -0.25) is 9.59 Å². The summed E-state index contributed by atoms with van der Waals surface area (Å²) in [4.78, 5) is 28.2. The van der Waals surface area contributed by atoms with Gasteiger partial charge in [0.25, 0.3) is 5.91 Å². The van der Waals surface area contributed by atoms with Crippen LogP contribution in [0.5, 0.6) is 0 Å². The highest BCUT2D eigenvalue weighted by Gasteiger charge is 2.13. The number of hydrogen-bond acceptors (Lipinski definition) is 4. The van der Waals surface area contributed by atoms with Crippen molar-refractivity contribution in [2.75, 3.05) is 6.54 Å². The number of aromatic nitrogens is 1. The fourth-order valence-corrected chi connectivity index (χ4v) is 2.82. The molecule has 0 fully saturated rings. The molecule has 3 rings (SSSR count). The third-order valence-electron chi connectivity index (χ3n) is 4.18. The second-order valence-electron chi connectivity index (χ2n) is 6.35. The van der Waals surface area contributed by atoms with Crippen molar-refractivity contribution in [2.24, 2.45) is 5.73 Å². The molecule has 0 aliphatic rings. The SMILES string of the molecule is Cc1cc(C(N)=O)cc(C(=O)NCCc2nc(-c3ccccc3)oc2C)c1. The zero-order chi connectivity index (χ0) is 19.4. The fraction of sp³-hybridized carbons (Fsp3) is 0.190. The van der Waals surface area contributed by atoms with Crippen molar-refractivity contribution >= 4 is 11.8 Å². The molecule has 3 aromatic rings. The van der Waals surface area contributed by atoms with Crippen LogP contribution in [0, 0.1) is 13.8 Å². The van der Waals surface area contributed by atoms with Gasteiger partial charge in [0, 0.05) is 29.7 Å². The molecule has 0 saturated heterocycles. The van der Waals surface area contributed by atoms with E-state index in [-0.39, 0.29) is 5.91 Å². The maximum atomic E-state index is 12.4. The summed E-state index contributed by atoms with van der Waals surface area (Å²) in [5.41, 5.74) is 8.55. The lowest BCUT2D eigenvalue weighted by molar-refractivity contribution is 0.0954. The van der Waals surface area contributed by atoms with Crippen LogP contribution in [0.15, 0.2) is 52.9 Å². The molecule has 0 atom stereocenters. The Kier molecular flexibility index (Phi) is 5.35. The molecule has 1 heterocycles. The van der Waals surface area contributed by atoms with Gasteiger partial charge in [0.15, 0.2) is 0 Å². The largest absolute Gasteiger partial charge is 0.441 e. The number of nitrogens with two attached hydrogens (primary N) is 1. The Morgan fingerprint density at radius 1 is 1.07 bits per heavy atom. The third kappa shape index (κ3) is 4.41. The zero-order valence-electron chi connectivity index (χ0n) is 15.3. The van der Waals surface area contributed by atoms with Crippen molar-refractivity contribution in [3.05, 3.63) is 76.7 Å². The summed E-state index contributed by atoms with van der Waals surface area (Å²) in [6, 6.07) is 14.5. The van der Waals surface area contributed by atoms with Gasteiger partial charge in [-0.2, -0.15) is 0 Å². The van der Waals surface area contributed by atoms with Crippen molar-refractivity contribution in [3.8, 4) is 11.5 Å². The summed E-state index contributed by atoms with van der Waals surface area (Å²) in [5.74, 6) is 0.485. The van der Waals surface area contributed by atoms with E-state index in [0.29, 0.717) is 30.0 Å². The molecule has 3 N–H and O–H groups in total. The molecule has 0 saturated carbocycles. The van der Waals surface area contributed by atoms with Gasteiger partial charge in [-0.1, -0.05) is 18.2 Å². The predicted molar refractivity (Wildman–Crippen MR) is 102 cm³/mol. The lowest BCUT2D eigenvalue weighted by Gasteiger charge is -2.07. The van der Waals surface area contributed by atoms with Gasteiger partial charge in [-0.05, 0) is 49.7 Å². The quantitative estimate of drug-likeness (QED) is 0.703. The van der Waals surface area contributed by atoms with Crippen LogP contribution in [-0.4, -0.2) is 23.3 Å². The number of carbonyl (C=O) groups excluding carboxylic acids is 2. The summed E-state index contributed by atoms with van der Waals surface area (Å²) >= 11 is 0. The predicted octanol–water partition coefficient (Wildman–Crippen LogP) is 3.03. The van der Waals surface area contributed by atoms with E-state index in [0.717, 1.165) is 22.6 Å². The van der Waals surface area contributed by atoms with E-state index in [1.807, 2.05) is 44.2 Å². The van der Waals surface area contributed by atoms with Crippen LogP contribution in [-0.2, 0) is 6.42 Å². The first-order chi connectivity index (χ1) is 12.9. The molecule has 1 aromatic heterocycles. The van der Waals surface area contributed by atoms with E-state index >= 15 is 0 Å². The number of rotatable bonds is 6. The van der Waals surface area contributed by atoms with Crippen molar-refractivity contribution in [1.29, 1.82) is 0 Å². The fourth-order valence-electron chi connectivity index (χ4n) is 2.82. The van der Waals surface area contributed by atoms with Gasteiger partial charge in [-0.15, -0.1) is 0 Å². The number of aryl methyl sites for hydroxylation is 2. The summed E-state index contributed by atoms with van der Waals surface area (Å²) in [6.07, 6.45) is 0.544. The molecule has 0 radical (unpaired) electrons. The first kappa shape index (κ1) is 18.4. The molecule has 138 valence electrons. The summed E-state index contributed by atoms with van der Waals surface area (Å²) in [6.45, 7) is 4.07. The van der Waals surface area contributed by atoms with Crippen molar-refractivity contribution in [2.45, 2.75) is 20.3 Å². The normalized spacial score (nSPS) is 10.6. The highest BCUT2D eigenvalue weighted by atomic mass is 16.4. The van der Waals surface area contributed by atoms with Crippen LogP contribution in [0.25, 0.3) is 11.5 Å². The third-order valence-corrected chi connectivity index (χ3v) is 4.18. The van der Waals surface area contributed by atoms with Crippen LogP contribution >= 0.6 is 0 Å². The van der Waals surface area contributed by atoms with E-state index in [1.54, 1.807) is 12.1 Å². The summed E-state index contributed by atoms with van der Waals surface area (Å²) in [7, 11) is 0. The van der Waals surface area contributed by atoms with Crippen molar-refractivity contribution < 1.29 is 14.0 Å². The van der Waals surface area contributed by atoms with Gasteiger partial charge >= 0.3 is 0 Å². The van der Waals surface area contributed by atoms with Gasteiger partial charge in [0.1, 0.15) is 5.76 Å². The van der Waals surface area contributed by atoms with Crippen LogP contribution in [0.2, 0.25) is 0 Å². The maximum absolute atomic E-state index is 12.4.